The summed E-state index contributed by atoms with van der Waals surface area (Å²) in [6, 6.07) is 20.1. The summed E-state index contributed by atoms with van der Waals surface area (Å²) < 4.78 is 38.8. The highest BCUT2D eigenvalue weighted by molar-refractivity contribution is 7.92. The second-order valence-corrected chi connectivity index (χ2v) is 9.32. The van der Waals surface area contributed by atoms with E-state index in [-0.39, 0.29) is 10.6 Å². The first-order chi connectivity index (χ1) is 16.8. The van der Waals surface area contributed by atoms with Crippen LogP contribution in [0.2, 0.25) is 0 Å². The summed E-state index contributed by atoms with van der Waals surface area (Å²) in [5.41, 5.74) is 4.24. The number of hydrazone groups is 1. The zero-order chi connectivity index (χ0) is 25.3. The van der Waals surface area contributed by atoms with Crippen LogP contribution in [0.3, 0.4) is 0 Å². The number of para-hydroxylation sites is 2. The van der Waals surface area contributed by atoms with Gasteiger partial charge in [-0.3, -0.25) is 9.10 Å². The first-order valence-electron chi connectivity index (χ1n) is 10.7. The number of benzene rings is 3. The van der Waals surface area contributed by atoms with E-state index in [2.05, 4.69) is 17.1 Å². The second-order valence-electron chi connectivity index (χ2n) is 7.46. The molecule has 0 aromatic heterocycles. The number of nitrogens with zero attached hydrogens (tertiary/aromatic N) is 2. The number of ether oxygens (including phenoxy) is 2. The van der Waals surface area contributed by atoms with Crippen LogP contribution < -0.4 is 19.2 Å². The molecule has 3 rings (SSSR count). The topological polar surface area (TPSA) is 97.3 Å². The number of hydrogen-bond donors (Lipinski definition) is 1. The number of carbonyl (C=O) groups excluding carboxylic acids is 1. The molecule has 9 heteroatoms. The van der Waals surface area contributed by atoms with Gasteiger partial charge in [0.1, 0.15) is 24.7 Å². The van der Waals surface area contributed by atoms with Crippen molar-refractivity contribution in [3.8, 4) is 11.5 Å². The molecular formula is C26H27N3O5S. The summed E-state index contributed by atoms with van der Waals surface area (Å²) in [7, 11) is -2.64. The Morgan fingerprint density at radius 3 is 2.54 bits per heavy atom. The zero-order valence-corrected chi connectivity index (χ0v) is 20.4. The Balaban J connectivity index is 1.82. The number of anilines is 1. The van der Waals surface area contributed by atoms with Crippen molar-refractivity contribution in [1.82, 2.24) is 5.43 Å². The molecule has 0 aliphatic carbocycles. The molecule has 0 fully saturated rings. The average Bonchev–Trinajstić information content (AvgIpc) is 2.86. The maximum atomic E-state index is 13.5. The Kier molecular flexibility index (Phi) is 8.63. The predicted molar refractivity (Wildman–Crippen MR) is 137 cm³/mol. The van der Waals surface area contributed by atoms with Gasteiger partial charge in [0.25, 0.3) is 15.9 Å². The molecule has 0 heterocycles. The Morgan fingerprint density at radius 2 is 1.83 bits per heavy atom. The van der Waals surface area contributed by atoms with Crippen molar-refractivity contribution in [1.29, 1.82) is 0 Å². The first-order valence-corrected chi connectivity index (χ1v) is 12.2. The number of carbonyl (C=O) groups is 1. The third kappa shape index (κ3) is 6.70. The third-order valence-corrected chi connectivity index (χ3v) is 6.65. The first kappa shape index (κ1) is 25.5. The van der Waals surface area contributed by atoms with Gasteiger partial charge in [0, 0.05) is 0 Å². The highest BCUT2D eigenvalue weighted by Crippen LogP contribution is 2.32. The predicted octanol–water partition coefficient (Wildman–Crippen LogP) is 3.91. The summed E-state index contributed by atoms with van der Waals surface area (Å²) in [6.45, 7) is 5.34. The molecule has 0 aliphatic rings. The summed E-state index contributed by atoms with van der Waals surface area (Å²) in [5, 5.41) is 3.97. The van der Waals surface area contributed by atoms with Crippen molar-refractivity contribution in [3.05, 3.63) is 96.6 Å². The standard InChI is InChI=1S/C26H27N3O5S/c1-4-16-34-22-9-7-8-21(17-22)18-27-28-26(30)19-29(24-10-5-6-11-25(24)33-3)35(31,32)23-14-12-20(2)13-15-23/h4-15,17-18H,1,16,19H2,2-3H3,(H,28,30)/b27-18+. The maximum absolute atomic E-state index is 13.5. The van der Waals surface area contributed by atoms with Gasteiger partial charge in [0.2, 0.25) is 0 Å². The summed E-state index contributed by atoms with van der Waals surface area (Å²) in [6.07, 6.45) is 3.08. The summed E-state index contributed by atoms with van der Waals surface area (Å²) in [5.74, 6) is 0.324. The molecule has 0 bridgehead atoms. The van der Waals surface area contributed by atoms with Gasteiger partial charge in [-0.05, 0) is 48.9 Å². The number of sulfonamides is 1. The van der Waals surface area contributed by atoms with Crippen molar-refractivity contribution in [2.75, 3.05) is 24.6 Å². The fourth-order valence-electron chi connectivity index (χ4n) is 3.16. The van der Waals surface area contributed by atoms with Gasteiger partial charge < -0.3 is 9.47 Å². The van der Waals surface area contributed by atoms with E-state index in [1.54, 1.807) is 66.7 Å². The smallest absolute Gasteiger partial charge is 0.264 e. The normalized spacial score (nSPS) is 11.1. The van der Waals surface area contributed by atoms with Crippen LogP contribution in [0.5, 0.6) is 11.5 Å². The Bertz CT molecular complexity index is 1300. The van der Waals surface area contributed by atoms with Gasteiger partial charge >= 0.3 is 0 Å². The van der Waals surface area contributed by atoms with Crippen LogP contribution in [0, 0.1) is 6.92 Å². The molecule has 0 spiro atoms. The van der Waals surface area contributed by atoms with Gasteiger partial charge in [0.15, 0.2) is 0 Å². The quantitative estimate of drug-likeness (QED) is 0.248. The monoisotopic (exact) mass is 493 g/mol. The number of amides is 1. The van der Waals surface area contributed by atoms with Crippen molar-refractivity contribution in [2.24, 2.45) is 5.10 Å². The van der Waals surface area contributed by atoms with Crippen molar-refractivity contribution < 1.29 is 22.7 Å². The molecule has 0 radical (unpaired) electrons. The average molecular weight is 494 g/mol. The van der Waals surface area contributed by atoms with E-state index >= 15 is 0 Å². The Labute approximate surface area is 205 Å². The van der Waals surface area contributed by atoms with Crippen LogP contribution in [-0.2, 0) is 14.8 Å². The summed E-state index contributed by atoms with van der Waals surface area (Å²) in [4.78, 5) is 12.8. The minimum atomic E-state index is -4.07. The van der Waals surface area contributed by atoms with Crippen LogP contribution >= 0.6 is 0 Å². The van der Waals surface area contributed by atoms with Crippen LogP contribution in [-0.4, -0.2) is 40.8 Å². The number of aryl methyl sites for hydroxylation is 1. The molecule has 0 atom stereocenters. The number of hydrogen-bond acceptors (Lipinski definition) is 6. The minimum absolute atomic E-state index is 0.0571. The molecule has 3 aromatic carbocycles. The molecule has 0 aliphatic heterocycles. The molecule has 1 N–H and O–H groups in total. The fourth-order valence-corrected chi connectivity index (χ4v) is 4.59. The van der Waals surface area contributed by atoms with Crippen molar-refractivity contribution >= 4 is 27.8 Å². The van der Waals surface area contributed by atoms with Crippen molar-refractivity contribution in [3.63, 3.8) is 0 Å². The van der Waals surface area contributed by atoms with Gasteiger partial charge in [-0.25, -0.2) is 13.8 Å². The van der Waals surface area contributed by atoms with Crippen molar-refractivity contribution in [2.45, 2.75) is 11.8 Å². The van der Waals surface area contributed by atoms with E-state index in [1.807, 2.05) is 6.92 Å². The summed E-state index contributed by atoms with van der Waals surface area (Å²) >= 11 is 0. The van der Waals surface area contributed by atoms with E-state index in [0.717, 1.165) is 9.87 Å². The molecule has 1 amide bonds. The second kappa shape index (κ2) is 11.8. The van der Waals surface area contributed by atoms with Crippen LogP contribution in [0.1, 0.15) is 11.1 Å². The lowest BCUT2D eigenvalue weighted by Gasteiger charge is -2.25. The number of rotatable bonds is 11. The molecule has 182 valence electrons. The third-order valence-electron chi connectivity index (χ3n) is 4.88. The highest BCUT2D eigenvalue weighted by atomic mass is 32.2. The van der Waals surface area contributed by atoms with Crippen LogP contribution in [0.4, 0.5) is 5.69 Å². The fraction of sp³-hybridized carbons (Fsp3) is 0.154. The van der Waals surface area contributed by atoms with Gasteiger partial charge in [-0.15, -0.1) is 0 Å². The molecule has 35 heavy (non-hydrogen) atoms. The van der Waals surface area contributed by atoms with E-state index in [1.165, 1.54) is 25.5 Å². The lowest BCUT2D eigenvalue weighted by Crippen LogP contribution is -2.39. The molecule has 0 unspecified atom stereocenters. The zero-order valence-electron chi connectivity index (χ0n) is 19.5. The number of methoxy groups -OCH3 is 1. The lowest BCUT2D eigenvalue weighted by molar-refractivity contribution is -0.119. The Morgan fingerprint density at radius 1 is 1.09 bits per heavy atom. The lowest BCUT2D eigenvalue weighted by atomic mass is 10.2. The molecule has 0 saturated heterocycles. The minimum Gasteiger partial charge on any atom is -0.495 e. The molecule has 3 aromatic rings. The Hall–Kier alpha value is -4.11. The van der Waals surface area contributed by atoms with Crippen LogP contribution in [0.25, 0.3) is 0 Å². The van der Waals surface area contributed by atoms with E-state index in [0.29, 0.717) is 23.7 Å². The van der Waals surface area contributed by atoms with E-state index < -0.39 is 22.5 Å². The maximum Gasteiger partial charge on any atom is 0.264 e. The largest absolute Gasteiger partial charge is 0.495 e. The van der Waals surface area contributed by atoms with Crippen LogP contribution in [0.15, 0.2) is 95.4 Å². The van der Waals surface area contributed by atoms with E-state index in [9.17, 15) is 13.2 Å². The molecule has 8 nitrogen and oxygen atoms in total. The SMILES string of the molecule is C=CCOc1cccc(/C=N/NC(=O)CN(c2ccccc2OC)S(=O)(=O)c2ccc(C)cc2)c1. The van der Waals surface area contributed by atoms with E-state index in [4.69, 9.17) is 9.47 Å². The molecular weight excluding hydrogens is 466 g/mol. The number of nitrogens with one attached hydrogen (secondary N) is 1. The highest BCUT2D eigenvalue weighted by Gasteiger charge is 2.29. The van der Waals surface area contributed by atoms with Gasteiger partial charge in [0.05, 0.1) is 23.9 Å². The van der Waals surface area contributed by atoms with Gasteiger partial charge in [-0.2, -0.15) is 5.10 Å². The van der Waals surface area contributed by atoms with Gasteiger partial charge in [-0.1, -0.05) is 54.6 Å². The molecule has 0 saturated carbocycles.